The maximum absolute atomic E-state index is 5.82. The molecule has 0 spiro atoms. The molecule has 2 aromatic heterocycles. The molecule has 17 heavy (non-hydrogen) atoms. The zero-order chi connectivity index (χ0) is 11.8. The molecule has 0 radical (unpaired) electrons. The van der Waals surface area contributed by atoms with Crippen molar-refractivity contribution in [3.05, 3.63) is 42.2 Å². The Balaban J connectivity index is 2.23. The molecular formula is C13H11N3S. The third kappa shape index (κ3) is 1.76. The molecule has 0 fully saturated rings. The Kier molecular flexibility index (Phi) is 2.30. The van der Waals surface area contributed by atoms with E-state index in [-0.39, 0.29) is 0 Å². The van der Waals surface area contributed by atoms with Crippen LogP contribution < -0.4 is 5.73 Å². The lowest BCUT2D eigenvalue weighted by Gasteiger charge is -2.02. The first-order valence-corrected chi connectivity index (χ1v) is 6.13. The Bertz CT molecular complexity index is 655. The van der Waals surface area contributed by atoms with Gasteiger partial charge in [-0.25, -0.2) is 4.98 Å². The topological polar surface area (TPSA) is 51.8 Å². The van der Waals surface area contributed by atoms with Crippen LogP contribution in [0.25, 0.3) is 20.8 Å². The van der Waals surface area contributed by atoms with Gasteiger partial charge in [-0.2, -0.15) is 0 Å². The minimum Gasteiger partial charge on any atom is -0.399 e. The summed E-state index contributed by atoms with van der Waals surface area (Å²) in [7, 11) is 0. The van der Waals surface area contributed by atoms with Crippen LogP contribution in [0.3, 0.4) is 0 Å². The summed E-state index contributed by atoms with van der Waals surface area (Å²) < 4.78 is 1.15. The second-order valence-corrected chi connectivity index (χ2v) is 4.97. The molecule has 3 rings (SSSR count). The van der Waals surface area contributed by atoms with Gasteiger partial charge in [-0.3, -0.25) is 4.98 Å². The molecule has 4 heteroatoms. The Labute approximate surface area is 103 Å². The van der Waals surface area contributed by atoms with Crippen molar-refractivity contribution >= 4 is 27.2 Å². The van der Waals surface area contributed by atoms with E-state index in [1.54, 1.807) is 23.7 Å². The Morgan fingerprint density at radius 2 is 2.12 bits per heavy atom. The van der Waals surface area contributed by atoms with Crippen LogP contribution in [0.4, 0.5) is 5.69 Å². The fourth-order valence-corrected chi connectivity index (χ4v) is 2.78. The Hall–Kier alpha value is -1.94. The van der Waals surface area contributed by atoms with E-state index < -0.39 is 0 Å². The monoisotopic (exact) mass is 241 g/mol. The van der Waals surface area contributed by atoms with Gasteiger partial charge >= 0.3 is 0 Å². The van der Waals surface area contributed by atoms with Crippen LogP contribution >= 0.6 is 11.3 Å². The standard InChI is InChI=1S/C13H11N3S/c1-8-2-3-9(14)6-10(8)13-16-11-7-15-5-4-12(11)17-13/h2-7H,14H2,1H3. The fourth-order valence-electron chi connectivity index (χ4n) is 1.77. The molecule has 3 nitrogen and oxygen atoms in total. The zero-order valence-corrected chi connectivity index (χ0v) is 10.2. The predicted molar refractivity (Wildman–Crippen MR) is 72.0 cm³/mol. The van der Waals surface area contributed by atoms with Gasteiger partial charge in [-0.15, -0.1) is 11.3 Å². The minimum atomic E-state index is 0.767. The van der Waals surface area contributed by atoms with Gasteiger partial charge in [0.15, 0.2) is 0 Å². The number of pyridine rings is 1. The van der Waals surface area contributed by atoms with Crippen molar-refractivity contribution in [3.8, 4) is 10.6 Å². The van der Waals surface area contributed by atoms with Crippen LogP contribution in [0, 0.1) is 6.92 Å². The molecule has 1 aromatic carbocycles. The first-order valence-electron chi connectivity index (χ1n) is 5.31. The van der Waals surface area contributed by atoms with Crippen molar-refractivity contribution in [1.29, 1.82) is 0 Å². The Morgan fingerprint density at radius 3 is 2.94 bits per heavy atom. The summed E-state index contributed by atoms with van der Waals surface area (Å²) in [5.41, 5.74) is 9.82. The first-order chi connectivity index (χ1) is 8.24. The maximum Gasteiger partial charge on any atom is 0.125 e. The highest BCUT2D eigenvalue weighted by Crippen LogP contribution is 2.32. The van der Waals surface area contributed by atoms with Crippen molar-refractivity contribution in [2.24, 2.45) is 0 Å². The van der Waals surface area contributed by atoms with Crippen LogP contribution in [0.15, 0.2) is 36.7 Å². The largest absolute Gasteiger partial charge is 0.399 e. The summed E-state index contributed by atoms with van der Waals surface area (Å²) in [5, 5.41) is 0.998. The van der Waals surface area contributed by atoms with Crippen LogP contribution in [0.1, 0.15) is 5.56 Å². The molecule has 0 aliphatic rings. The molecule has 0 saturated carbocycles. The van der Waals surface area contributed by atoms with E-state index in [4.69, 9.17) is 5.73 Å². The van der Waals surface area contributed by atoms with Gasteiger partial charge in [0.2, 0.25) is 0 Å². The van der Waals surface area contributed by atoms with E-state index >= 15 is 0 Å². The van der Waals surface area contributed by atoms with E-state index in [1.165, 1.54) is 5.56 Å². The summed E-state index contributed by atoms with van der Waals surface area (Å²) in [5.74, 6) is 0. The average molecular weight is 241 g/mol. The van der Waals surface area contributed by atoms with E-state index in [0.29, 0.717) is 0 Å². The van der Waals surface area contributed by atoms with Gasteiger partial charge in [-0.1, -0.05) is 6.07 Å². The van der Waals surface area contributed by atoms with E-state index in [1.807, 2.05) is 24.3 Å². The number of fused-ring (bicyclic) bond motifs is 1. The fraction of sp³-hybridized carbons (Fsp3) is 0.0769. The number of hydrogen-bond donors (Lipinski definition) is 1. The minimum absolute atomic E-state index is 0.767. The smallest absolute Gasteiger partial charge is 0.125 e. The average Bonchev–Trinajstić information content (AvgIpc) is 2.75. The lowest BCUT2D eigenvalue weighted by Crippen LogP contribution is -1.88. The highest BCUT2D eigenvalue weighted by atomic mass is 32.1. The van der Waals surface area contributed by atoms with Crippen molar-refractivity contribution < 1.29 is 0 Å². The first kappa shape index (κ1) is 10.2. The van der Waals surface area contributed by atoms with E-state index in [2.05, 4.69) is 16.9 Å². The molecule has 2 N–H and O–H groups in total. The molecule has 3 aromatic rings. The second-order valence-electron chi connectivity index (χ2n) is 3.94. The Morgan fingerprint density at radius 1 is 1.24 bits per heavy atom. The summed E-state index contributed by atoms with van der Waals surface area (Å²) >= 11 is 1.67. The van der Waals surface area contributed by atoms with Gasteiger partial charge in [-0.05, 0) is 30.7 Å². The molecule has 84 valence electrons. The molecule has 0 amide bonds. The summed E-state index contributed by atoms with van der Waals surface area (Å²) in [6, 6.07) is 7.89. The molecule has 0 bridgehead atoms. The number of nitrogen functional groups attached to an aromatic ring is 1. The van der Waals surface area contributed by atoms with Crippen LogP contribution in [0.2, 0.25) is 0 Å². The third-order valence-corrected chi connectivity index (χ3v) is 3.75. The van der Waals surface area contributed by atoms with Crippen molar-refractivity contribution in [2.45, 2.75) is 6.92 Å². The summed E-state index contributed by atoms with van der Waals surface area (Å²) in [6.07, 6.45) is 3.58. The lowest BCUT2D eigenvalue weighted by atomic mass is 10.1. The number of aryl methyl sites for hydroxylation is 1. The maximum atomic E-state index is 5.82. The number of nitrogens with zero attached hydrogens (tertiary/aromatic N) is 2. The number of benzene rings is 1. The van der Waals surface area contributed by atoms with Gasteiger partial charge in [0, 0.05) is 17.4 Å². The van der Waals surface area contributed by atoms with Gasteiger partial charge in [0.1, 0.15) is 10.5 Å². The second kappa shape index (κ2) is 3.82. The van der Waals surface area contributed by atoms with Crippen LogP contribution in [-0.4, -0.2) is 9.97 Å². The zero-order valence-electron chi connectivity index (χ0n) is 9.34. The summed E-state index contributed by atoms with van der Waals surface area (Å²) in [4.78, 5) is 8.66. The highest BCUT2D eigenvalue weighted by Gasteiger charge is 2.08. The lowest BCUT2D eigenvalue weighted by molar-refractivity contribution is 1.33. The number of anilines is 1. The molecule has 0 unspecified atom stereocenters. The van der Waals surface area contributed by atoms with E-state index in [0.717, 1.165) is 26.5 Å². The number of nitrogens with two attached hydrogens (primary N) is 1. The summed E-state index contributed by atoms with van der Waals surface area (Å²) in [6.45, 7) is 2.07. The van der Waals surface area contributed by atoms with E-state index in [9.17, 15) is 0 Å². The number of rotatable bonds is 1. The normalized spacial score (nSPS) is 10.9. The molecule has 0 aliphatic carbocycles. The molecular weight excluding hydrogens is 230 g/mol. The van der Waals surface area contributed by atoms with Gasteiger partial charge < -0.3 is 5.73 Å². The molecule has 2 heterocycles. The number of hydrogen-bond acceptors (Lipinski definition) is 4. The molecule has 0 atom stereocenters. The quantitative estimate of drug-likeness (QED) is 0.665. The SMILES string of the molecule is Cc1ccc(N)cc1-c1nc2cnccc2s1. The van der Waals surface area contributed by atoms with Crippen molar-refractivity contribution in [3.63, 3.8) is 0 Å². The third-order valence-electron chi connectivity index (χ3n) is 2.68. The number of thiazole rings is 1. The highest BCUT2D eigenvalue weighted by molar-refractivity contribution is 7.21. The molecule has 0 saturated heterocycles. The molecule has 0 aliphatic heterocycles. The number of aromatic nitrogens is 2. The van der Waals surface area contributed by atoms with Crippen LogP contribution in [0.5, 0.6) is 0 Å². The van der Waals surface area contributed by atoms with Crippen molar-refractivity contribution in [2.75, 3.05) is 5.73 Å². The van der Waals surface area contributed by atoms with Gasteiger partial charge in [0.05, 0.1) is 10.9 Å². The van der Waals surface area contributed by atoms with Gasteiger partial charge in [0.25, 0.3) is 0 Å². The van der Waals surface area contributed by atoms with Crippen molar-refractivity contribution in [1.82, 2.24) is 9.97 Å². The van der Waals surface area contributed by atoms with Crippen LogP contribution in [-0.2, 0) is 0 Å². The predicted octanol–water partition coefficient (Wildman–Crippen LogP) is 3.25.